The molecule has 0 saturated carbocycles. The van der Waals surface area contributed by atoms with E-state index in [-0.39, 0.29) is 7.30 Å². The third-order valence-corrected chi connectivity index (χ3v) is 14.4. The van der Waals surface area contributed by atoms with E-state index in [1.54, 1.807) is 11.1 Å². The second-order valence-corrected chi connectivity index (χ2v) is 13.4. The van der Waals surface area contributed by atoms with Crippen molar-refractivity contribution in [2.45, 2.75) is 24.9 Å². The van der Waals surface area contributed by atoms with Gasteiger partial charge >= 0.3 is 0 Å². The lowest BCUT2D eigenvalue weighted by Gasteiger charge is -2.22. The Morgan fingerprint density at radius 3 is 2.79 bits per heavy atom. The zero-order valence-corrected chi connectivity index (χ0v) is 12.5. The van der Waals surface area contributed by atoms with Crippen LogP contribution in [0.15, 0.2) is 24.3 Å². The van der Waals surface area contributed by atoms with Gasteiger partial charge in [0.2, 0.25) is 0 Å². The SMILES string of the molecule is CC1c2ccccc2CC1P(P)PP. The van der Waals surface area contributed by atoms with E-state index in [0.29, 0.717) is 0 Å². The van der Waals surface area contributed by atoms with Crippen molar-refractivity contribution < 1.29 is 0 Å². The van der Waals surface area contributed by atoms with Crippen LogP contribution in [0.2, 0.25) is 0 Å². The highest BCUT2D eigenvalue weighted by Gasteiger charge is 2.31. The van der Waals surface area contributed by atoms with Gasteiger partial charge in [0.25, 0.3) is 0 Å². The lowest BCUT2D eigenvalue weighted by atomic mass is 10.0. The molecule has 14 heavy (non-hydrogen) atoms. The molecule has 0 nitrogen and oxygen atoms in total. The largest absolute Gasteiger partial charge is 0.110 e. The van der Waals surface area contributed by atoms with Crippen molar-refractivity contribution in [1.82, 2.24) is 0 Å². The molecule has 1 aromatic rings. The number of rotatable bonds is 2. The molecular formula is C10H16P4. The molecule has 0 saturated heterocycles. The lowest BCUT2D eigenvalue weighted by Crippen LogP contribution is -2.04. The fourth-order valence-corrected chi connectivity index (χ4v) is 7.77. The predicted octanol–water partition coefficient (Wildman–Crippen LogP) is 4.37. The molecule has 4 heteroatoms. The summed E-state index contributed by atoms with van der Waals surface area (Å²) < 4.78 is 0. The molecule has 6 unspecified atom stereocenters. The number of fused-ring (bicyclic) bond motifs is 1. The first-order valence-electron chi connectivity index (χ1n) is 4.82. The minimum Gasteiger partial charge on any atom is -0.110 e. The molecule has 2 rings (SSSR count). The van der Waals surface area contributed by atoms with Gasteiger partial charge in [-0.2, -0.15) is 0 Å². The Morgan fingerprint density at radius 2 is 2.14 bits per heavy atom. The fourth-order valence-electron chi connectivity index (χ4n) is 2.21. The van der Waals surface area contributed by atoms with E-state index in [4.69, 9.17) is 0 Å². The van der Waals surface area contributed by atoms with E-state index in [1.807, 2.05) is 0 Å². The zero-order valence-electron chi connectivity index (χ0n) is 8.27. The number of benzene rings is 1. The van der Waals surface area contributed by atoms with Crippen molar-refractivity contribution in [3.63, 3.8) is 0 Å². The van der Waals surface area contributed by atoms with Crippen molar-refractivity contribution in [3.05, 3.63) is 35.4 Å². The summed E-state index contributed by atoms with van der Waals surface area (Å²) in [6, 6.07) is 8.94. The van der Waals surface area contributed by atoms with Gasteiger partial charge in [-0.05, 0) is 29.1 Å². The van der Waals surface area contributed by atoms with Gasteiger partial charge < -0.3 is 0 Å². The Morgan fingerprint density at radius 1 is 1.43 bits per heavy atom. The fraction of sp³-hybridized carbons (Fsp3) is 0.400. The maximum atomic E-state index is 3.08. The summed E-state index contributed by atoms with van der Waals surface area (Å²) in [4.78, 5) is 0. The highest BCUT2D eigenvalue weighted by atomic mass is 32.6. The van der Waals surface area contributed by atoms with Gasteiger partial charge in [0, 0.05) is 0 Å². The summed E-state index contributed by atoms with van der Waals surface area (Å²) in [5.41, 5.74) is 4.07. The predicted molar refractivity (Wildman–Crippen MR) is 77.0 cm³/mol. The second-order valence-electron chi connectivity index (χ2n) is 3.80. The lowest BCUT2D eigenvalue weighted by molar-refractivity contribution is 0.764. The first-order chi connectivity index (χ1) is 6.74. The van der Waals surface area contributed by atoms with Gasteiger partial charge in [0.15, 0.2) is 0 Å². The summed E-state index contributed by atoms with van der Waals surface area (Å²) in [5.74, 6) is 0.767. The molecule has 0 fully saturated rings. The second kappa shape index (κ2) is 4.85. The monoisotopic (exact) mass is 260 g/mol. The van der Waals surface area contributed by atoms with Gasteiger partial charge in [-0.1, -0.05) is 46.4 Å². The smallest absolute Gasteiger partial charge is 0.00291 e. The molecule has 0 heterocycles. The third kappa shape index (κ3) is 2.06. The number of hydrogen-bond donors (Lipinski definition) is 0. The van der Waals surface area contributed by atoms with E-state index >= 15 is 0 Å². The Balaban J connectivity index is 2.25. The average Bonchev–Trinajstić information content (AvgIpc) is 2.56. The first-order valence-corrected chi connectivity index (χ1v) is 11.5. The minimum atomic E-state index is 0.142. The molecule has 76 valence electrons. The quantitative estimate of drug-likeness (QED) is 0.692. The van der Waals surface area contributed by atoms with Gasteiger partial charge in [-0.15, -0.1) is 17.9 Å². The van der Waals surface area contributed by atoms with E-state index < -0.39 is 0 Å². The Labute approximate surface area is 93.6 Å². The van der Waals surface area contributed by atoms with Gasteiger partial charge in [0.1, 0.15) is 0 Å². The maximum Gasteiger partial charge on any atom is -0.00291 e. The van der Waals surface area contributed by atoms with Crippen molar-refractivity contribution >= 4 is 33.1 Å². The van der Waals surface area contributed by atoms with Crippen molar-refractivity contribution in [2.75, 3.05) is 0 Å². The standard InChI is InChI=1S/C10H16P4/c1-7-9-5-3-2-4-8(9)6-10(7)14(12)13-11/h2-5,7,10,13H,6,11-12H2,1H3. The van der Waals surface area contributed by atoms with Crippen molar-refractivity contribution in [2.24, 2.45) is 0 Å². The van der Waals surface area contributed by atoms with Crippen molar-refractivity contribution in [3.8, 4) is 0 Å². The summed E-state index contributed by atoms with van der Waals surface area (Å²) >= 11 is 0. The molecule has 1 aliphatic carbocycles. The van der Waals surface area contributed by atoms with E-state index in [9.17, 15) is 0 Å². The molecule has 0 spiro atoms. The van der Waals surface area contributed by atoms with Crippen LogP contribution >= 0.6 is 33.1 Å². The first kappa shape index (κ1) is 11.4. The van der Waals surface area contributed by atoms with Crippen molar-refractivity contribution in [1.29, 1.82) is 0 Å². The van der Waals surface area contributed by atoms with Crippen LogP contribution < -0.4 is 0 Å². The highest BCUT2D eigenvalue weighted by molar-refractivity contribution is 8.61. The molecule has 0 radical (unpaired) electrons. The van der Waals surface area contributed by atoms with E-state index in [0.717, 1.165) is 19.5 Å². The van der Waals surface area contributed by atoms with Crippen LogP contribution in [0.3, 0.4) is 0 Å². The van der Waals surface area contributed by atoms with Gasteiger partial charge in [-0.25, -0.2) is 0 Å². The van der Waals surface area contributed by atoms with Crippen LogP contribution in [0.1, 0.15) is 24.0 Å². The molecular weight excluding hydrogens is 244 g/mol. The Kier molecular flexibility index (Phi) is 3.96. The molecule has 1 aliphatic rings. The molecule has 1 aromatic carbocycles. The van der Waals surface area contributed by atoms with Crippen LogP contribution in [0, 0.1) is 0 Å². The Hall–Kier alpha value is 0.940. The molecule has 0 bridgehead atoms. The maximum absolute atomic E-state index is 3.08. The van der Waals surface area contributed by atoms with Crippen LogP contribution in [0.5, 0.6) is 0 Å². The molecule has 0 N–H and O–H groups in total. The zero-order chi connectivity index (χ0) is 10.1. The highest BCUT2D eigenvalue weighted by Crippen LogP contribution is 2.72. The molecule has 6 atom stereocenters. The van der Waals surface area contributed by atoms with E-state index in [2.05, 4.69) is 49.0 Å². The summed E-state index contributed by atoms with van der Waals surface area (Å²) in [5, 5.41) is 0. The average molecular weight is 260 g/mol. The van der Waals surface area contributed by atoms with Crippen LogP contribution in [0.4, 0.5) is 0 Å². The summed E-state index contributed by atoms with van der Waals surface area (Å²) in [6.07, 6.45) is 1.30. The molecule has 0 aliphatic heterocycles. The van der Waals surface area contributed by atoms with Gasteiger partial charge in [-0.3, -0.25) is 0 Å². The molecule has 0 amide bonds. The third-order valence-electron chi connectivity index (χ3n) is 3.06. The van der Waals surface area contributed by atoms with E-state index in [1.165, 1.54) is 6.42 Å². The van der Waals surface area contributed by atoms with Crippen LogP contribution in [0.25, 0.3) is 0 Å². The van der Waals surface area contributed by atoms with Crippen LogP contribution in [-0.2, 0) is 6.42 Å². The molecule has 0 aromatic heterocycles. The summed E-state index contributed by atoms with van der Waals surface area (Å²) in [6.45, 7) is 2.39. The summed E-state index contributed by atoms with van der Waals surface area (Å²) in [7, 11) is 7.16. The van der Waals surface area contributed by atoms with Crippen LogP contribution in [-0.4, -0.2) is 5.66 Å². The normalized spacial score (nSPS) is 28.2. The Bertz CT molecular complexity index is 326. The number of hydrogen-bond acceptors (Lipinski definition) is 0. The minimum absolute atomic E-state index is 0.142. The topological polar surface area (TPSA) is 0 Å². The van der Waals surface area contributed by atoms with Gasteiger partial charge in [0.05, 0.1) is 0 Å².